The summed E-state index contributed by atoms with van der Waals surface area (Å²) in [6, 6.07) is 12.2. The molecule has 1 saturated carbocycles. The molecule has 4 saturated heterocycles. The molecule has 15 heteroatoms. The Bertz CT molecular complexity index is 1960. The Morgan fingerprint density at radius 2 is 1.59 bits per heavy atom. The van der Waals surface area contributed by atoms with Gasteiger partial charge in [0.1, 0.15) is 23.2 Å². The summed E-state index contributed by atoms with van der Waals surface area (Å²) in [5.41, 5.74) is 1.62. The molecule has 1 aliphatic carbocycles. The molecule has 4 aliphatic heterocycles. The van der Waals surface area contributed by atoms with Crippen LogP contribution in [0.4, 0.5) is 36.2 Å². The van der Waals surface area contributed by atoms with Crippen molar-refractivity contribution in [1.82, 2.24) is 25.1 Å². The monoisotopic (exact) mass is 801 g/mol. The van der Waals surface area contributed by atoms with Crippen molar-refractivity contribution in [3.63, 3.8) is 0 Å². The number of benzene rings is 2. The van der Waals surface area contributed by atoms with E-state index in [0.29, 0.717) is 75.9 Å². The predicted molar refractivity (Wildman–Crippen MR) is 217 cm³/mol. The minimum Gasteiger partial charge on any atom is -0.374 e. The van der Waals surface area contributed by atoms with E-state index >= 15 is 8.78 Å². The predicted octanol–water partition coefficient (Wildman–Crippen LogP) is 5.75. The summed E-state index contributed by atoms with van der Waals surface area (Å²) in [7, 11) is 0. The van der Waals surface area contributed by atoms with E-state index in [9.17, 15) is 18.8 Å². The number of nitrogens with one attached hydrogen (secondary N) is 3. The number of carbonyl (C=O) groups is 3. The lowest BCUT2D eigenvalue weighted by molar-refractivity contribution is -0.139. The van der Waals surface area contributed by atoms with Gasteiger partial charge in [-0.15, -0.1) is 0 Å². The maximum Gasteiger partial charge on any atom is 0.249 e. The van der Waals surface area contributed by atoms with Crippen LogP contribution in [0.1, 0.15) is 70.6 Å². The molecule has 5 fully saturated rings. The van der Waals surface area contributed by atoms with Crippen LogP contribution < -0.4 is 25.8 Å². The number of imide groups is 1. The van der Waals surface area contributed by atoms with E-state index in [2.05, 4.69) is 41.8 Å². The highest BCUT2D eigenvalue weighted by Crippen LogP contribution is 2.34. The average Bonchev–Trinajstić information content (AvgIpc) is 3.24. The minimum atomic E-state index is -1.39. The maximum atomic E-state index is 16.2. The number of carbonyl (C=O) groups excluding carboxylic acids is 3. The van der Waals surface area contributed by atoms with Crippen molar-refractivity contribution < 1.29 is 27.6 Å². The molecule has 2 aromatic carbocycles. The fourth-order valence-electron chi connectivity index (χ4n) is 9.29. The number of amides is 3. The lowest BCUT2D eigenvalue weighted by Gasteiger charge is -2.43. The number of piperazine rings is 1. The van der Waals surface area contributed by atoms with Gasteiger partial charge >= 0.3 is 0 Å². The molecule has 12 nitrogen and oxygen atoms in total. The average molecular weight is 802 g/mol. The van der Waals surface area contributed by atoms with Gasteiger partial charge in [0.05, 0.1) is 11.9 Å². The van der Waals surface area contributed by atoms with Crippen LogP contribution in [0, 0.1) is 17.6 Å². The van der Waals surface area contributed by atoms with E-state index in [0.717, 1.165) is 50.0 Å². The Balaban J connectivity index is 0.766. The van der Waals surface area contributed by atoms with Crippen molar-refractivity contribution in [3.05, 3.63) is 60.3 Å². The molecular formula is C43H54F3N9O3. The Morgan fingerprint density at radius 3 is 2.31 bits per heavy atom. The highest BCUT2D eigenvalue weighted by Gasteiger charge is 2.40. The van der Waals surface area contributed by atoms with Crippen LogP contribution in [0.25, 0.3) is 11.3 Å². The van der Waals surface area contributed by atoms with Crippen LogP contribution >= 0.6 is 0 Å². The smallest absolute Gasteiger partial charge is 0.249 e. The second kappa shape index (κ2) is 17.5. The van der Waals surface area contributed by atoms with Crippen molar-refractivity contribution >= 4 is 40.7 Å². The lowest BCUT2D eigenvalue weighted by Crippen LogP contribution is -2.54. The number of piperidine rings is 3. The van der Waals surface area contributed by atoms with Gasteiger partial charge in [-0.2, -0.15) is 0 Å². The number of likely N-dealkylation sites (tertiary alicyclic amines) is 1. The van der Waals surface area contributed by atoms with Gasteiger partial charge in [-0.1, -0.05) is 12.1 Å². The third-order valence-electron chi connectivity index (χ3n) is 12.7. The minimum absolute atomic E-state index is 0.0696. The van der Waals surface area contributed by atoms with Gasteiger partial charge in [0.25, 0.3) is 0 Å². The van der Waals surface area contributed by atoms with Crippen LogP contribution in [-0.2, 0) is 14.4 Å². The van der Waals surface area contributed by atoms with E-state index < -0.39 is 29.3 Å². The molecule has 5 aliphatic rings. The number of aromatic nitrogens is 2. The van der Waals surface area contributed by atoms with Crippen LogP contribution in [0.2, 0.25) is 0 Å². The summed E-state index contributed by atoms with van der Waals surface area (Å²) in [6.45, 7) is 5.37. The van der Waals surface area contributed by atoms with Crippen molar-refractivity contribution in [3.8, 4) is 11.3 Å². The van der Waals surface area contributed by atoms with Gasteiger partial charge in [0.2, 0.25) is 23.7 Å². The van der Waals surface area contributed by atoms with Crippen LogP contribution in [0.5, 0.6) is 0 Å². The van der Waals surface area contributed by atoms with Crippen molar-refractivity contribution in [2.75, 3.05) is 79.3 Å². The Morgan fingerprint density at radius 1 is 0.828 bits per heavy atom. The SMILES string of the molecule is O=C1CCC(Nc2ccc(N3CCN(CC4(F)CCN(C(=O)[C@H]5CC[C@H](Nc6ncc(F)c(-c7cccc(N8CCCCC8)c7)n6)CC5)CC4)CC3)c(F)c2)C(=O)N1. The number of nitrogens with zero attached hydrogens (tertiary/aromatic N) is 6. The Labute approximate surface area is 337 Å². The van der Waals surface area contributed by atoms with Crippen molar-refractivity contribution in [2.24, 2.45) is 5.92 Å². The van der Waals surface area contributed by atoms with Gasteiger partial charge in [-0.05, 0) is 81.7 Å². The first-order chi connectivity index (χ1) is 28.1. The first-order valence-corrected chi connectivity index (χ1v) is 21.1. The molecule has 0 bridgehead atoms. The van der Waals surface area contributed by atoms with E-state index in [1.807, 2.05) is 28.0 Å². The molecule has 3 aromatic rings. The molecule has 5 heterocycles. The van der Waals surface area contributed by atoms with E-state index in [4.69, 9.17) is 0 Å². The van der Waals surface area contributed by atoms with Crippen molar-refractivity contribution in [2.45, 2.75) is 88.4 Å². The molecule has 1 unspecified atom stereocenters. The molecule has 1 aromatic heterocycles. The largest absolute Gasteiger partial charge is 0.374 e. The lowest BCUT2D eigenvalue weighted by atomic mass is 9.84. The molecule has 3 amide bonds. The third-order valence-corrected chi connectivity index (χ3v) is 12.7. The van der Waals surface area contributed by atoms with Crippen LogP contribution in [0.15, 0.2) is 48.7 Å². The molecular weight excluding hydrogens is 748 g/mol. The first-order valence-electron chi connectivity index (χ1n) is 21.1. The molecule has 58 heavy (non-hydrogen) atoms. The van der Waals surface area contributed by atoms with E-state index in [-0.39, 0.29) is 55.3 Å². The third kappa shape index (κ3) is 9.35. The van der Waals surface area contributed by atoms with Crippen molar-refractivity contribution in [1.29, 1.82) is 0 Å². The van der Waals surface area contributed by atoms with Gasteiger partial charge in [-0.25, -0.2) is 23.1 Å². The maximum absolute atomic E-state index is 16.2. The zero-order chi connectivity index (χ0) is 40.2. The second-order valence-corrected chi connectivity index (χ2v) is 16.7. The number of anilines is 4. The summed E-state index contributed by atoms with van der Waals surface area (Å²) in [5, 5.41) is 8.71. The summed E-state index contributed by atoms with van der Waals surface area (Å²) in [4.78, 5) is 54.2. The standard InChI is InChI=1S/C43H54F3N9O3/c44-34-26-32(48-36-12-14-38(56)50-40(36)57)11-13-37(34)54-23-21-52(22-24-54)28-43(46)15-19-55(20-16-43)41(58)29-7-9-31(10-8-29)49-42-47-27-35(45)39(51-42)30-5-4-6-33(25-30)53-17-2-1-3-18-53/h4-6,11,13,25-27,29,31,36,48H,1-3,7-10,12,14-24,28H2,(H,47,49,51)(H,50,56,57)/t29-,31-,36?. The number of hydrogen-bond acceptors (Lipinski definition) is 10. The summed E-state index contributed by atoms with van der Waals surface area (Å²) >= 11 is 0. The topological polar surface area (TPSA) is 126 Å². The summed E-state index contributed by atoms with van der Waals surface area (Å²) in [6.07, 6.45) is 8.90. The number of alkyl halides is 1. The second-order valence-electron chi connectivity index (χ2n) is 16.7. The highest BCUT2D eigenvalue weighted by atomic mass is 19.1. The van der Waals surface area contributed by atoms with Gasteiger partial charge in [0, 0.05) is 107 Å². The van der Waals surface area contributed by atoms with Gasteiger partial charge < -0.3 is 25.3 Å². The van der Waals surface area contributed by atoms with Gasteiger partial charge in [0.15, 0.2) is 5.82 Å². The summed E-state index contributed by atoms with van der Waals surface area (Å²) < 4.78 is 46.4. The zero-order valence-electron chi connectivity index (χ0n) is 33.0. The van der Waals surface area contributed by atoms with Crippen LogP contribution in [-0.4, -0.2) is 114 Å². The number of hydrogen-bond donors (Lipinski definition) is 3. The Hall–Kier alpha value is -4.92. The molecule has 8 rings (SSSR count). The molecule has 0 spiro atoms. The van der Waals surface area contributed by atoms with E-state index in [1.165, 1.54) is 18.7 Å². The molecule has 3 N–H and O–H groups in total. The molecule has 310 valence electrons. The van der Waals surface area contributed by atoms with Crippen LogP contribution in [0.3, 0.4) is 0 Å². The number of rotatable bonds is 10. The number of halogens is 3. The Kier molecular flexibility index (Phi) is 12.0. The van der Waals surface area contributed by atoms with E-state index in [1.54, 1.807) is 12.1 Å². The quantitative estimate of drug-likeness (QED) is 0.218. The molecule has 0 radical (unpaired) electrons. The normalized spacial score (nSPS) is 24.3. The fourth-order valence-corrected chi connectivity index (χ4v) is 9.29. The molecule has 1 atom stereocenters. The van der Waals surface area contributed by atoms with Gasteiger partial charge in [-0.3, -0.25) is 24.6 Å². The fraction of sp³-hybridized carbons (Fsp3) is 0.558. The zero-order valence-corrected chi connectivity index (χ0v) is 33.0. The summed E-state index contributed by atoms with van der Waals surface area (Å²) in [5.74, 6) is -1.21. The highest BCUT2D eigenvalue weighted by molar-refractivity contribution is 6.01. The first kappa shape index (κ1) is 39.9.